The quantitative estimate of drug-likeness (QED) is 0.497. The lowest BCUT2D eigenvalue weighted by atomic mass is 10.2. The first-order valence-corrected chi connectivity index (χ1v) is 12.0. The van der Waals surface area contributed by atoms with E-state index in [2.05, 4.69) is 20.5 Å². The molecule has 1 aliphatic rings. The molecule has 2 rings (SSSR count). The molecule has 1 fully saturated rings. The molecular weight excluding hydrogens is 412 g/mol. The highest BCUT2D eigenvalue weighted by atomic mass is 35.5. The molecule has 1 atom stereocenters. The average molecular weight is 445 g/mol. The topological polar surface area (TPSA) is 83.0 Å². The fraction of sp³-hybridized carbons (Fsp3) is 0.650. The normalized spacial score (nSPS) is 18.1. The van der Waals surface area contributed by atoms with Gasteiger partial charge in [0.1, 0.15) is 5.75 Å². The number of anilines is 1. The second-order valence-electron chi connectivity index (χ2n) is 8.08. The molecule has 0 spiro atoms. The summed E-state index contributed by atoms with van der Waals surface area (Å²) in [6, 6.07) is 5.80. The molecule has 1 heterocycles. The number of benzene rings is 1. The van der Waals surface area contributed by atoms with Crippen LogP contribution >= 0.6 is 11.6 Å². The highest BCUT2D eigenvalue weighted by Crippen LogP contribution is 2.33. The van der Waals surface area contributed by atoms with Crippen molar-refractivity contribution in [3.05, 3.63) is 23.2 Å². The summed E-state index contributed by atoms with van der Waals surface area (Å²) >= 11 is 6.16. The fourth-order valence-corrected chi connectivity index (χ4v) is 4.21. The third kappa shape index (κ3) is 6.40. The minimum absolute atomic E-state index is 0.0313. The summed E-state index contributed by atoms with van der Waals surface area (Å²) in [5.41, 5.74) is 0.975. The Morgan fingerprint density at radius 3 is 2.72 bits per heavy atom. The third-order valence-corrected chi connectivity index (χ3v) is 7.74. The number of nitrogens with one attached hydrogen (secondary N) is 2. The molecule has 1 unspecified atom stereocenters. The van der Waals surface area contributed by atoms with E-state index in [9.17, 15) is 8.42 Å². The average Bonchev–Trinajstić information content (AvgIpc) is 3.09. The summed E-state index contributed by atoms with van der Waals surface area (Å²) in [4.78, 5) is 6.70. The fourth-order valence-electron chi connectivity index (χ4n) is 3.10. The van der Waals surface area contributed by atoms with E-state index in [1.54, 1.807) is 27.9 Å². The Labute approximate surface area is 179 Å². The van der Waals surface area contributed by atoms with Crippen molar-refractivity contribution < 1.29 is 13.2 Å². The summed E-state index contributed by atoms with van der Waals surface area (Å²) in [5, 5.41) is 7.30. The predicted molar refractivity (Wildman–Crippen MR) is 121 cm³/mol. The number of aliphatic imine (C=N–C) groups is 1. The summed E-state index contributed by atoms with van der Waals surface area (Å²) < 4.78 is 29.3. The Morgan fingerprint density at radius 1 is 1.38 bits per heavy atom. The number of nitrogens with zero attached hydrogens (tertiary/aromatic N) is 2. The van der Waals surface area contributed by atoms with Crippen molar-refractivity contribution in [2.24, 2.45) is 4.99 Å². The summed E-state index contributed by atoms with van der Waals surface area (Å²) in [7, 11) is -1.54. The molecule has 1 aromatic rings. The van der Waals surface area contributed by atoms with Crippen molar-refractivity contribution in [1.82, 2.24) is 10.6 Å². The van der Waals surface area contributed by atoms with Gasteiger partial charge in [-0.15, -0.1) is 0 Å². The molecule has 7 nitrogen and oxygen atoms in total. The molecular formula is C20H33ClN4O3S. The molecule has 0 bridgehead atoms. The van der Waals surface area contributed by atoms with Crippen molar-refractivity contribution >= 4 is 33.1 Å². The van der Waals surface area contributed by atoms with Crippen LogP contribution in [0.4, 0.5) is 5.69 Å². The number of rotatable bonds is 7. The van der Waals surface area contributed by atoms with Crippen LogP contribution in [0.2, 0.25) is 5.02 Å². The van der Waals surface area contributed by atoms with E-state index in [0.717, 1.165) is 30.9 Å². The predicted octanol–water partition coefficient (Wildman–Crippen LogP) is 2.70. The standard InChI is InChI=1S/C20H33ClN4O3S/c1-6-22-19(23-10-12-29(26,27)20(2,3)4)24-16-9-11-25(14-16)17-13-15(21)7-8-18(17)28-5/h7-8,13,16H,6,9-12,14H2,1-5H3,(H2,22,23,24). The van der Waals surface area contributed by atoms with Crippen molar-refractivity contribution in [3.63, 3.8) is 0 Å². The van der Waals surface area contributed by atoms with Crippen LogP contribution in [0.25, 0.3) is 0 Å². The smallest absolute Gasteiger partial charge is 0.191 e. The van der Waals surface area contributed by atoms with Crippen LogP contribution in [0.3, 0.4) is 0 Å². The van der Waals surface area contributed by atoms with Crippen LogP contribution in [-0.4, -0.2) is 64.2 Å². The Balaban J connectivity index is 2.01. The zero-order chi connectivity index (χ0) is 21.7. The van der Waals surface area contributed by atoms with Gasteiger partial charge in [-0.3, -0.25) is 4.99 Å². The maximum absolute atomic E-state index is 12.3. The van der Waals surface area contributed by atoms with E-state index in [-0.39, 0.29) is 18.3 Å². The first kappa shape index (κ1) is 23.6. The molecule has 0 aliphatic carbocycles. The largest absolute Gasteiger partial charge is 0.495 e. The minimum Gasteiger partial charge on any atom is -0.495 e. The summed E-state index contributed by atoms with van der Waals surface area (Å²) in [6.07, 6.45) is 0.931. The van der Waals surface area contributed by atoms with Gasteiger partial charge in [0.25, 0.3) is 0 Å². The van der Waals surface area contributed by atoms with E-state index in [1.807, 2.05) is 25.1 Å². The summed E-state index contributed by atoms with van der Waals surface area (Å²) in [5.74, 6) is 1.47. The Bertz CT molecular complexity index is 822. The SMILES string of the molecule is CCNC(=NCCS(=O)(=O)C(C)(C)C)NC1CCN(c2cc(Cl)ccc2OC)C1. The maximum Gasteiger partial charge on any atom is 0.191 e. The highest BCUT2D eigenvalue weighted by Gasteiger charge is 2.29. The molecule has 2 N–H and O–H groups in total. The van der Waals surface area contributed by atoms with Gasteiger partial charge in [-0.05, 0) is 52.3 Å². The first-order valence-electron chi connectivity index (χ1n) is 9.93. The summed E-state index contributed by atoms with van der Waals surface area (Å²) in [6.45, 7) is 9.71. The number of sulfone groups is 1. The van der Waals surface area contributed by atoms with Gasteiger partial charge >= 0.3 is 0 Å². The number of hydrogen-bond donors (Lipinski definition) is 2. The van der Waals surface area contributed by atoms with Crippen molar-refractivity contribution in [2.45, 2.75) is 44.9 Å². The molecule has 0 aromatic heterocycles. The van der Waals surface area contributed by atoms with E-state index in [1.165, 1.54) is 0 Å². The van der Waals surface area contributed by atoms with Crippen LogP contribution < -0.4 is 20.3 Å². The van der Waals surface area contributed by atoms with Crippen molar-refractivity contribution in [1.29, 1.82) is 0 Å². The molecule has 0 radical (unpaired) electrons. The van der Waals surface area contributed by atoms with E-state index >= 15 is 0 Å². The lowest BCUT2D eigenvalue weighted by Crippen LogP contribution is -2.45. The van der Waals surface area contributed by atoms with Gasteiger partial charge in [-0.2, -0.15) is 0 Å². The van der Waals surface area contributed by atoms with Gasteiger partial charge in [0.15, 0.2) is 15.8 Å². The van der Waals surface area contributed by atoms with Crippen LogP contribution in [0, 0.1) is 0 Å². The van der Waals surface area contributed by atoms with Gasteiger partial charge in [-0.1, -0.05) is 11.6 Å². The van der Waals surface area contributed by atoms with E-state index in [0.29, 0.717) is 17.5 Å². The van der Waals surface area contributed by atoms with Crippen molar-refractivity contribution in [3.8, 4) is 5.75 Å². The van der Waals surface area contributed by atoms with Gasteiger partial charge in [0.05, 0.1) is 29.8 Å². The van der Waals surface area contributed by atoms with Crippen LogP contribution in [0.1, 0.15) is 34.1 Å². The monoisotopic (exact) mass is 444 g/mol. The molecule has 0 amide bonds. The van der Waals surface area contributed by atoms with Crippen molar-refractivity contribution in [2.75, 3.05) is 43.9 Å². The second kappa shape index (κ2) is 9.89. The van der Waals surface area contributed by atoms with Gasteiger partial charge in [0.2, 0.25) is 0 Å². The van der Waals surface area contributed by atoms with Gasteiger partial charge in [-0.25, -0.2) is 8.42 Å². The number of hydrogen-bond acceptors (Lipinski definition) is 5. The van der Waals surface area contributed by atoms with Gasteiger partial charge in [0, 0.05) is 30.7 Å². The Kier molecular flexibility index (Phi) is 8.05. The van der Waals surface area contributed by atoms with Crippen LogP contribution in [0.15, 0.2) is 23.2 Å². The number of halogens is 1. The molecule has 164 valence electrons. The molecule has 1 aromatic carbocycles. The minimum atomic E-state index is -3.19. The van der Waals surface area contributed by atoms with Crippen LogP contribution in [0.5, 0.6) is 5.75 Å². The third-order valence-electron chi connectivity index (χ3n) is 4.92. The second-order valence-corrected chi connectivity index (χ2v) is 11.4. The van der Waals surface area contributed by atoms with E-state index in [4.69, 9.17) is 16.3 Å². The Morgan fingerprint density at radius 2 is 2.10 bits per heavy atom. The molecule has 0 saturated carbocycles. The number of ether oxygens (including phenoxy) is 1. The Hall–Kier alpha value is -1.67. The molecule has 29 heavy (non-hydrogen) atoms. The molecule has 9 heteroatoms. The zero-order valence-corrected chi connectivity index (χ0v) is 19.5. The lowest BCUT2D eigenvalue weighted by Gasteiger charge is -2.22. The maximum atomic E-state index is 12.3. The van der Waals surface area contributed by atoms with Crippen LogP contribution in [-0.2, 0) is 9.84 Å². The highest BCUT2D eigenvalue weighted by molar-refractivity contribution is 7.92. The molecule has 1 saturated heterocycles. The number of methoxy groups -OCH3 is 1. The van der Waals surface area contributed by atoms with Gasteiger partial charge < -0.3 is 20.3 Å². The lowest BCUT2D eigenvalue weighted by molar-refractivity contribution is 0.415. The molecule has 1 aliphatic heterocycles. The first-order chi connectivity index (χ1) is 13.6. The number of guanidine groups is 1. The zero-order valence-electron chi connectivity index (χ0n) is 18.0. The van der Waals surface area contributed by atoms with E-state index < -0.39 is 14.6 Å².